The zero-order valence-electron chi connectivity index (χ0n) is 7.91. The van der Waals surface area contributed by atoms with E-state index in [4.69, 9.17) is 0 Å². The third-order valence-corrected chi connectivity index (χ3v) is 2.10. The van der Waals surface area contributed by atoms with Crippen LogP contribution >= 0.6 is 0 Å². The Morgan fingerprint density at radius 3 is 2.62 bits per heavy atom. The SMILES string of the molecule is CCc1ccc(C[N+](=O)[O-])cc1C. The van der Waals surface area contributed by atoms with Gasteiger partial charge in [0, 0.05) is 10.5 Å². The molecule has 0 spiro atoms. The Labute approximate surface area is 77.5 Å². The molecular formula is C10H13NO2. The molecule has 3 heteroatoms. The van der Waals surface area contributed by atoms with Crippen molar-refractivity contribution in [2.75, 3.05) is 0 Å². The molecule has 1 rings (SSSR count). The third kappa shape index (κ3) is 2.54. The Balaban J connectivity index is 2.89. The molecule has 0 aliphatic rings. The second-order valence-corrected chi connectivity index (χ2v) is 3.11. The van der Waals surface area contributed by atoms with Gasteiger partial charge in [0.2, 0.25) is 6.54 Å². The molecule has 0 radical (unpaired) electrons. The van der Waals surface area contributed by atoms with Crippen molar-refractivity contribution < 1.29 is 4.92 Å². The quantitative estimate of drug-likeness (QED) is 0.528. The van der Waals surface area contributed by atoms with Crippen LogP contribution in [-0.2, 0) is 13.0 Å². The van der Waals surface area contributed by atoms with E-state index in [0.717, 1.165) is 17.5 Å². The Hall–Kier alpha value is -1.38. The zero-order chi connectivity index (χ0) is 9.84. The minimum atomic E-state index is -0.305. The molecular weight excluding hydrogens is 166 g/mol. The van der Waals surface area contributed by atoms with Crippen molar-refractivity contribution in [3.63, 3.8) is 0 Å². The van der Waals surface area contributed by atoms with Gasteiger partial charge in [-0.3, -0.25) is 10.1 Å². The van der Waals surface area contributed by atoms with Crippen LogP contribution in [0.4, 0.5) is 0 Å². The van der Waals surface area contributed by atoms with Crippen LogP contribution in [-0.4, -0.2) is 4.92 Å². The standard InChI is InChI=1S/C10H13NO2/c1-3-10-5-4-9(6-8(10)2)7-11(12)13/h4-6H,3,7H2,1-2H3. The van der Waals surface area contributed by atoms with Gasteiger partial charge in [-0.2, -0.15) is 0 Å². The van der Waals surface area contributed by atoms with E-state index in [1.165, 1.54) is 5.56 Å². The number of nitrogens with zero attached hydrogens (tertiary/aromatic N) is 1. The molecule has 0 aromatic heterocycles. The third-order valence-electron chi connectivity index (χ3n) is 2.10. The summed E-state index contributed by atoms with van der Waals surface area (Å²) in [5.74, 6) is 0. The van der Waals surface area contributed by atoms with E-state index < -0.39 is 0 Å². The van der Waals surface area contributed by atoms with Crippen LogP contribution in [0.3, 0.4) is 0 Å². The molecule has 1 aromatic rings. The van der Waals surface area contributed by atoms with E-state index in [1.807, 2.05) is 25.1 Å². The first-order valence-electron chi connectivity index (χ1n) is 4.33. The first kappa shape index (κ1) is 9.71. The number of hydrogen-bond acceptors (Lipinski definition) is 2. The summed E-state index contributed by atoms with van der Waals surface area (Å²) >= 11 is 0. The number of benzene rings is 1. The van der Waals surface area contributed by atoms with E-state index in [2.05, 4.69) is 6.92 Å². The fraction of sp³-hybridized carbons (Fsp3) is 0.400. The predicted molar refractivity (Wildman–Crippen MR) is 51.3 cm³/mol. The molecule has 0 aliphatic carbocycles. The Morgan fingerprint density at radius 1 is 1.46 bits per heavy atom. The summed E-state index contributed by atoms with van der Waals surface area (Å²) < 4.78 is 0. The minimum absolute atomic E-state index is 0.0785. The van der Waals surface area contributed by atoms with Crippen molar-refractivity contribution in [3.8, 4) is 0 Å². The zero-order valence-corrected chi connectivity index (χ0v) is 7.91. The van der Waals surface area contributed by atoms with Crippen molar-refractivity contribution >= 4 is 0 Å². The normalized spacial score (nSPS) is 10.0. The molecule has 3 nitrogen and oxygen atoms in total. The van der Waals surface area contributed by atoms with Gasteiger partial charge >= 0.3 is 0 Å². The summed E-state index contributed by atoms with van der Waals surface area (Å²) in [5.41, 5.74) is 3.17. The largest absolute Gasteiger partial charge is 0.264 e. The summed E-state index contributed by atoms with van der Waals surface area (Å²) in [4.78, 5) is 9.93. The van der Waals surface area contributed by atoms with Gasteiger partial charge < -0.3 is 0 Å². The molecule has 13 heavy (non-hydrogen) atoms. The molecule has 0 amide bonds. The van der Waals surface area contributed by atoms with Crippen LogP contribution < -0.4 is 0 Å². The lowest BCUT2D eigenvalue weighted by Gasteiger charge is -2.03. The molecule has 0 fully saturated rings. The molecule has 0 aliphatic heterocycles. The average Bonchev–Trinajstić information content (AvgIpc) is 2.03. The lowest BCUT2D eigenvalue weighted by Crippen LogP contribution is -1.99. The molecule has 0 saturated carbocycles. The second kappa shape index (κ2) is 4.03. The van der Waals surface area contributed by atoms with Crippen LogP contribution in [0.15, 0.2) is 18.2 Å². The molecule has 0 saturated heterocycles. The summed E-state index contributed by atoms with van der Waals surface area (Å²) in [5, 5.41) is 10.2. The molecule has 0 N–H and O–H groups in total. The number of aryl methyl sites for hydroxylation is 2. The van der Waals surface area contributed by atoms with Gasteiger partial charge in [-0.25, -0.2) is 0 Å². The van der Waals surface area contributed by atoms with Crippen molar-refractivity contribution in [3.05, 3.63) is 45.0 Å². The van der Waals surface area contributed by atoms with Gasteiger partial charge in [-0.1, -0.05) is 19.1 Å². The van der Waals surface area contributed by atoms with Crippen molar-refractivity contribution in [2.45, 2.75) is 26.8 Å². The fourth-order valence-corrected chi connectivity index (χ4v) is 1.40. The van der Waals surface area contributed by atoms with Gasteiger partial charge in [-0.05, 0) is 30.5 Å². The first-order valence-corrected chi connectivity index (χ1v) is 4.33. The van der Waals surface area contributed by atoms with Gasteiger partial charge in [0.15, 0.2) is 0 Å². The van der Waals surface area contributed by atoms with Crippen molar-refractivity contribution in [1.82, 2.24) is 0 Å². The summed E-state index contributed by atoms with van der Waals surface area (Å²) in [6, 6.07) is 5.68. The minimum Gasteiger partial charge on any atom is -0.264 e. The second-order valence-electron chi connectivity index (χ2n) is 3.11. The maximum atomic E-state index is 10.2. The summed E-state index contributed by atoms with van der Waals surface area (Å²) in [7, 11) is 0. The molecule has 0 bridgehead atoms. The Bertz CT molecular complexity index is 321. The predicted octanol–water partition coefficient (Wildman–Crippen LogP) is 2.33. The molecule has 0 heterocycles. The molecule has 70 valence electrons. The van der Waals surface area contributed by atoms with Gasteiger partial charge in [-0.15, -0.1) is 0 Å². The number of nitro groups is 1. The van der Waals surface area contributed by atoms with E-state index >= 15 is 0 Å². The highest BCUT2D eigenvalue weighted by Crippen LogP contribution is 2.12. The maximum absolute atomic E-state index is 10.2. The summed E-state index contributed by atoms with van der Waals surface area (Å²) in [6.45, 7) is 3.99. The topological polar surface area (TPSA) is 43.1 Å². The van der Waals surface area contributed by atoms with E-state index in [9.17, 15) is 10.1 Å². The van der Waals surface area contributed by atoms with E-state index in [1.54, 1.807) is 0 Å². The Kier molecular flexibility index (Phi) is 3.01. The fourth-order valence-electron chi connectivity index (χ4n) is 1.40. The number of hydrogen-bond donors (Lipinski definition) is 0. The van der Waals surface area contributed by atoms with Crippen LogP contribution in [0.25, 0.3) is 0 Å². The van der Waals surface area contributed by atoms with Crippen LogP contribution in [0, 0.1) is 17.0 Å². The highest BCUT2D eigenvalue weighted by molar-refractivity contribution is 5.30. The maximum Gasteiger partial charge on any atom is 0.228 e. The monoisotopic (exact) mass is 179 g/mol. The van der Waals surface area contributed by atoms with E-state index in [0.29, 0.717) is 0 Å². The average molecular weight is 179 g/mol. The molecule has 0 unspecified atom stereocenters. The van der Waals surface area contributed by atoms with Crippen molar-refractivity contribution in [1.29, 1.82) is 0 Å². The first-order chi connectivity index (χ1) is 6.13. The smallest absolute Gasteiger partial charge is 0.228 e. The lowest BCUT2D eigenvalue weighted by molar-refractivity contribution is -0.496. The van der Waals surface area contributed by atoms with Gasteiger partial charge in [0.05, 0.1) is 0 Å². The van der Waals surface area contributed by atoms with Crippen LogP contribution in [0.2, 0.25) is 0 Å². The lowest BCUT2D eigenvalue weighted by atomic mass is 10.0. The van der Waals surface area contributed by atoms with Crippen LogP contribution in [0.1, 0.15) is 23.6 Å². The highest BCUT2D eigenvalue weighted by Gasteiger charge is 2.03. The van der Waals surface area contributed by atoms with Gasteiger partial charge in [0.1, 0.15) is 0 Å². The number of rotatable bonds is 3. The van der Waals surface area contributed by atoms with Gasteiger partial charge in [0.25, 0.3) is 0 Å². The van der Waals surface area contributed by atoms with Crippen molar-refractivity contribution in [2.24, 2.45) is 0 Å². The van der Waals surface area contributed by atoms with E-state index in [-0.39, 0.29) is 11.5 Å². The van der Waals surface area contributed by atoms with Crippen LogP contribution in [0.5, 0.6) is 0 Å². The Morgan fingerprint density at radius 2 is 2.15 bits per heavy atom. The summed E-state index contributed by atoms with van der Waals surface area (Å²) in [6.07, 6.45) is 0.977. The highest BCUT2D eigenvalue weighted by atomic mass is 16.6. The molecule has 1 aromatic carbocycles. The molecule has 0 atom stereocenters.